The van der Waals surface area contributed by atoms with Gasteiger partial charge >= 0.3 is 0 Å². The van der Waals surface area contributed by atoms with Crippen LogP contribution in [-0.2, 0) is 4.79 Å². The number of aliphatic hydroxyl groups is 1. The van der Waals surface area contributed by atoms with E-state index in [1.165, 1.54) is 18.5 Å². The molecule has 1 aromatic heterocycles. The van der Waals surface area contributed by atoms with Crippen LogP contribution in [0, 0.1) is 10.1 Å². The molecule has 3 N–H and O–H groups in total. The standard InChI is InChI=1S/C21H22N6O5/c28-12-19(24-20(29)14-1-6-17-18(11-14)23-13-22-17)21(30)26-9-7-25(8-10-26)15-2-4-16(5-3-15)27(31)32/h1-6,11,13,19,28H,7-10,12H2,(H,22,23)(H,24,29). The van der Waals surface area contributed by atoms with Gasteiger partial charge in [0, 0.05) is 49.6 Å². The number of anilines is 1. The number of carbonyl (C=O) groups excluding carboxylic acids is 2. The third-order valence-corrected chi connectivity index (χ3v) is 5.49. The number of aliphatic hydroxyl groups excluding tert-OH is 1. The van der Waals surface area contributed by atoms with Gasteiger partial charge in [-0.2, -0.15) is 0 Å². The first-order valence-corrected chi connectivity index (χ1v) is 10.1. The zero-order valence-corrected chi connectivity index (χ0v) is 17.1. The Morgan fingerprint density at radius 2 is 1.88 bits per heavy atom. The average Bonchev–Trinajstić information content (AvgIpc) is 3.30. The number of imidazole rings is 1. The van der Waals surface area contributed by atoms with Crippen molar-refractivity contribution in [3.63, 3.8) is 0 Å². The van der Waals surface area contributed by atoms with E-state index in [4.69, 9.17) is 0 Å². The van der Waals surface area contributed by atoms with E-state index >= 15 is 0 Å². The van der Waals surface area contributed by atoms with E-state index in [2.05, 4.69) is 15.3 Å². The number of aromatic nitrogens is 2. The molecule has 4 rings (SSSR count). The number of nitrogens with one attached hydrogen (secondary N) is 2. The molecule has 0 aliphatic carbocycles. The molecule has 1 fully saturated rings. The number of fused-ring (bicyclic) bond motifs is 1. The van der Waals surface area contributed by atoms with Gasteiger partial charge in [0.15, 0.2) is 0 Å². The third kappa shape index (κ3) is 4.37. The van der Waals surface area contributed by atoms with Gasteiger partial charge < -0.3 is 25.2 Å². The predicted octanol–water partition coefficient (Wildman–Crippen LogP) is 0.911. The SMILES string of the molecule is O=C(NC(CO)C(=O)N1CCN(c2ccc([N+](=O)[O-])cc2)CC1)c1ccc2nc[nH]c2c1. The summed E-state index contributed by atoms with van der Waals surface area (Å²) in [4.78, 5) is 46.5. The second-order valence-electron chi connectivity index (χ2n) is 7.43. The topological polar surface area (TPSA) is 145 Å². The number of nitro benzene ring substituents is 1. The van der Waals surface area contributed by atoms with Crippen molar-refractivity contribution in [1.29, 1.82) is 0 Å². The summed E-state index contributed by atoms with van der Waals surface area (Å²) in [5, 5.41) is 23.1. The van der Waals surface area contributed by atoms with Crippen LogP contribution < -0.4 is 10.2 Å². The molecule has 1 unspecified atom stereocenters. The van der Waals surface area contributed by atoms with Crippen LogP contribution in [0.5, 0.6) is 0 Å². The number of hydrogen-bond donors (Lipinski definition) is 3. The summed E-state index contributed by atoms with van der Waals surface area (Å²) in [7, 11) is 0. The number of nitro groups is 1. The fraction of sp³-hybridized carbons (Fsp3) is 0.286. The molecular weight excluding hydrogens is 416 g/mol. The molecule has 1 aliphatic rings. The van der Waals surface area contributed by atoms with Crippen LogP contribution in [0.4, 0.5) is 11.4 Å². The number of benzene rings is 2. The third-order valence-electron chi connectivity index (χ3n) is 5.49. The summed E-state index contributed by atoms with van der Waals surface area (Å²) in [5.74, 6) is -0.815. The zero-order chi connectivity index (χ0) is 22.7. The second kappa shape index (κ2) is 9.02. The second-order valence-corrected chi connectivity index (χ2v) is 7.43. The molecule has 1 atom stereocenters. The Kier molecular flexibility index (Phi) is 5.99. The Morgan fingerprint density at radius 1 is 1.16 bits per heavy atom. The number of non-ortho nitro benzene ring substituents is 1. The van der Waals surface area contributed by atoms with Gasteiger partial charge in [-0.1, -0.05) is 0 Å². The van der Waals surface area contributed by atoms with Crippen LogP contribution >= 0.6 is 0 Å². The van der Waals surface area contributed by atoms with Gasteiger partial charge in [0.1, 0.15) is 6.04 Å². The lowest BCUT2D eigenvalue weighted by molar-refractivity contribution is -0.384. The fourth-order valence-electron chi connectivity index (χ4n) is 3.69. The van der Waals surface area contributed by atoms with Crippen LogP contribution in [-0.4, -0.2) is 75.5 Å². The summed E-state index contributed by atoms with van der Waals surface area (Å²) in [5.41, 5.74) is 2.64. The van der Waals surface area contributed by atoms with Gasteiger partial charge in [-0.05, 0) is 30.3 Å². The molecule has 2 heterocycles. The molecule has 11 heteroatoms. The normalized spacial score (nSPS) is 14.9. The van der Waals surface area contributed by atoms with Crippen molar-refractivity contribution in [3.05, 3.63) is 64.5 Å². The monoisotopic (exact) mass is 438 g/mol. The minimum absolute atomic E-state index is 0.0239. The number of hydrogen-bond acceptors (Lipinski definition) is 7. The highest BCUT2D eigenvalue weighted by Gasteiger charge is 2.28. The number of piperazine rings is 1. The number of carbonyl (C=O) groups is 2. The number of amides is 2. The van der Waals surface area contributed by atoms with E-state index in [1.54, 1.807) is 35.2 Å². The highest BCUT2D eigenvalue weighted by molar-refractivity contribution is 5.99. The molecule has 3 aromatic rings. The maximum Gasteiger partial charge on any atom is 0.269 e. The Bertz CT molecular complexity index is 1140. The number of H-pyrrole nitrogens is 1. The molecule has 32 heavy (non-hydrogen) atoms. The zero-order valence-electron chi connectivity index (χ0n) is 17.1. The molecule has 0 radical (unpaired) electrons. The average molecular weight is 438 g/mol. The first kappa shape index (κ1) is 21.2. The Balaban J connectivity index is 1.35. The number of rotatable bonds is 6. The molecule has 1 saturated heterocycles. The Labute approximate surface area is 182 Å². The van der Waals surface area contributed by atoms with Crippen molar-refractivity contribution in [2.75, 3.05) is 37.7 Å². The van der Waals surface area contributed by atoms with Crippen LogP contribution in [0.3, 0.4) is 0 Å². The van der Waals surface area contributed by atoms with E-state index in [0.717, 1.165) is 11.2 Å². The summed E-state index contributed by atoms with van der Waals surface area (Å²) in [6.07, 6.45) is 1.53. The van der Waals surface area contributed by atoms with Crippen molar-refractivity contribution in [3.8, 4) is 0 Å². The Morgan fingerprint density at radius 3 is 2.53 bits per heavy atom. The molecule has 0 bridgehead atoms. The van der Waals surface area contributed by atoms with Gasteiger partial charge in [-0.15, -0.1) is 0 Å². The highest BCUT2D eigenvalue weighted by Crippen LogP contribution is 2.21. The van der Waals surface area contributed by atoms with Crippen molar-refractivity contribution < 1.29 is 19.6 Å². The highest BCUT2D eigenvalue weighted by atomic mass is 16.6. The molecule has 0 spiro atoms. The van der Waals surface area contributed by atoms with E-state index in [1.807, 2.05) is 4.90 Å². The van der Waals surface area contributed by atoms with Crippen LogP contribution in [0.2, 0.25) is 0 Å². The van der Waals surface area contributed by atoms with Gasteiger partial charge in [0.25, 0.3) is 11.6 Å². The minimum Gasteiger partial charge on any atom is -0.394 e. The quantitative estimate of drug-likeness (QED) is 0.383. The maximum absolute atomic E-state index is 12.9. The Hall–Kier alpha value is -3.99. The molecule has 11 nitrogen and oxygen atoms in total. The molecule has 166 valence electrons. The van der Waals surface area contributed by atoms with Crippen LogP contribution in [0.1, 0.15) is 10.4 Å². The van der Waals surface area contributed by atoms with Gasteiger partial charge in [-0.25, -0.2) is 4.98 Å². The molecule has 0 saturated carbocycles. The maximum atomic E-state index is 12.9. The van der Waals surface area contributed by atoms with Crippen LogP contribution in [0.15, 0.2) is 48.8 Å². The van der Waals surface area contributed by atoms with E-state index in [-0.39, 0.29) is 11.6 Å². The van der Waals surface area contributed by atoms with Gasteiger partial charge in [0.2, 0.25) is 5.91 Å². The van der Waals surface area contributed by atoms with Crippen molar-refractivity contribution in [2.24, 2.45) is 0 Å². The number of aromatic amines is 1. The van der Waals surface area contributed by atoms with Crippen LogP contribution in [0.25, 0.3) is 11.0 Å². The molecule has 2 amide bonds. The van der Waals surface area contributed by atoms with E-state index in [9.17, 15) is 24.8 Å². The lowest BCUT2D eigenvalue weighted by Gasteiger charge is -2.37. The predicted molar refractivity (Wildman–Crippen MR) is 116 cm³/mol. The lowest BCUT2D eigenvalue weighted by atomic mass is 10.1. The number of nitrogens with zero attached hydrogens (tertiary/aromatic N) is 4. The summed E-state index contributed by atoms with van der Waals surface area (Å²) in [6.45, 7) is 1.36. The molecular formula is C21H22N6O5. The summed E-state index contributed by atoms with van der Waals surface area (Å²) in [6, 6.07) is 10.2. The summed E-state index contributed by atoms with van der Waals surface area (Å²) < 4.78 is 0. The molecule has 1 aliphatic heterocycles. The van der Waals surface area contributed by atoms with Crippen molar-refractivity contribution >= 4 is 34.2 Å². The van der Waals surface area contributed by atoms with Crippen molar-refractivity contribution in [2.45, 2.75) is 6.04 Å². The van der Waals surface area contributed by atoms with E-state index < -0.39 is 23.5 Å². The first-order chi connectivity index (χ1) is 15.5. The van der Waals surface area contributed by atoms with Gasteiger partial charge in [-0.3, -0.25) is 19.7 Å². The smallest absolute Gasteiger partial charge is 0.269 e. The summed E-state index contributed by atoms with van der Waals surface area (Å²) >= 11 is 0. The van der Waals surface area contributed by atoms with Gasteiger partial charge in [0.05, 0.1) is 28.9 Å². The van der Waals surface area contributed by atoms with Crippen molar-refractivity contribution in [1.82, 2.24) is 20.2 Å². The first-order valence-electron chi connectivity index (χ1n) is 10.1. The van der Waals surface area contributed by atoms with E-state index in [0.29, 0.717) is 37.3 Å². The fourth-order valence-corrected chi connectivity index (χ4v) is 3.69. The molecule has 2 aromatic carbocycles. The lowest BCUT2D eigenvalue weighted by Crippen LogP contribution is -2.56. The minimum atomic E-state index is -1.05. The largest absolute Gasteiger partial charge is 0.394 e.